The van der Waals surface area contributed by atoms with Crippen molar-refractivity contribution in [1.82, 2.24) is 9.55 Å². The molecule has 2 rings (SSSR count). The van der Waals surface area contributed by atoms with Crippen LogP contribution in [0.1, 0.15) is 11.4 Å². The largest absolute Gasteiger partial charge is 0.493 e. The molecule has 2 aromatic rings. The third-order valence-corrected chi connectivity index (χ3v) is 2.74. The Labute approximate surface area is 106 Å². The van der Waals surface area contributed by atoms with E-state index < -0.39 is 0 Å². The maximum atomic E-state index is 5.73. The van der Waals surface area contributed by atoms with E-state index in [1.165, 1.54) is 0 Å². The zero-order valence-corrected chi connectivity index (χ0v) is 10.6. The lowest BCUT2D eigenvalue weighted by molar-refractivity contribution is 0.273. The molecule has 0 aliphatic heterocycles. The number of nitrogens with two attached hydrogens (primary N) is 1. The van der Waals surface area contributed by atoms with Crippen molar-refractivity contribution in [2.24, 2.45) is 12.8 Å². The second kappa shape index (κ2) is 5.55. The Kier molecular flexibility index (Phi) is 3.84. The second-order valence-corrected chi connectivity index (χ2v) is 3.93. The van der Waals surface area contributed by atoms with Gasteiger partial charge in [0.2, 0.25) is 0 Å². The molecule has 96 valence electrons. The molecule has 0 radical (unpaired) electrons. The highest BCUT2D eigenvalue weighted by Gasteiger charge is 2.07. The van der Waals surface area contributed by atoms with Gasteiger partial charge in [-0.1, -0.05) is 6.07 Å². The van der Waals surface area contributed by atoms with Crippen molar-refractivity contribution >= 4 is 0 Å². The molecule has 18 heavy (non-hydrogen) atoms. The van der Waals surface area contributed by atoms with E-state index in [9.17, 15) is 0 Å². The number of nitrogens with zero attached hydrogens (tertiary/aromatic N) is 2. The van der Waals surface area contributed by atoms with Gasteiger partial charge in [0.15, 0.2) is 11.5 Å². The Hall–Kier alpha value is -2.01. The minimum absolute atomic E-state index is 0.397. The third kappa shape index (κ3) is 2.62. The van der Waals surface area contributed by atoms with Gasteiger partial charge in [-0.25, -0.2) is 4.98 Å². The zero-order chi connectivity index (χ0) is 13.0. The van der Waals surface area contributed by atoms with Gasteiger partial charge in [-0.3, -0.25) is 0 Å². The van der Waals surface area contributed by atoms with Crippen LogP contribution in [-0.2, 0) is 20.2 Å². The summed E-state index contributed by atoms with van der Waals surface area (Å²) in [6.07, 6.45) is 3.62. The highest BCUT2D eigenvalue weighted by Crippen LogP contribution is 2.28. The fraction of sp³-hybridized carbons (Fsp3) is 0.308. The molecular weight excluding hydrogens is 230 g/mol. The number of ether oxygens (including phenoxy) is 2. The van der Waals surface area contributed by atoms with Crippen LogP contribution >= 0.6 is 0 Å². The van der Waals surface area contributed by atoms with Crippen molar-refractivity contribution in [3.8, 4) is 11.5 Å². The highest BCUT2D eigenvalue weighted by molar-refractivity contribution is 5.42. The molecule has 0 saturated carbocycles. The van der Waals surface area contributed by atoms with Crippen molar-refractivity contribution in [2.75, 3.05) is 7.11 Å². The summed E-state index contributed by atoms with van der Waals surface area (Å²) in [5, 5.41) is 0. The first-order chi connectivity index (χ1) is 8.74. The Balaban J connectivity index is 2.14. The van der Waals surface area contributed by atoms with Crippen molar-refractivity contribution in [1.29, 1.82) is 0 Å². The molecule has 0 fully saturated rings. The number of rotatable bonds is 5. The summed E-state index contributed by atoms with van der Waals surface area (Å²) in [6.45, 7) is 0.872. The molecule has 1 heterocycles. The van der Waals surface area contributed by atoms with Crippen LogP contribution in [0.4, 0.5) is 0 Å². The predicted molar refractivity (Wildman–Crippen MR) is 68.4 cm³/mol. The Morgan fingerprint density at radius 3 is 2.78 bits per heavy atom. The van der Waals surface area contributed by atoms with E-state index in [-0.39, 0.29) is 0 Å². The van der Waals surface area contributed by atoms with E-state index in [0.29, 0.717) is 24.7 Å². The average Bonchev–Trinajstić information content (AvgIpc) is 2.81. The second-order valence-electron chi connectivity index (χ2n) is 3.93. The third-order valence-electron chi connectivity index (χ3n) is 2.74. The SMILES string of the molecule is COc1ccc(CN)cc1OCc1nccn1C. The fourth-order valence-electron chi connectivity index (χ4n) is 1.64. The Bertz CT molecular complexity index is 523. The number of aryl methyl sites for hydroxylation is 1. The van der Waals surface area contributed by atoms with E-state index in [2.05, 4.69) is 4.98 Å². The van der Waals surface area contributed by atoms with E-state index in [0.717, 1.165) is 11.4 Å². The lowest BCUT2D eigenvalue weighted by atomic mass is 10.2. The van der Waals surface area contributed by atoms with Crippen molar-refractivity contribution < 1.29 is 9.47 Å². The molecule has 5 nitrogen and oxygen atoms in total. The summed E-state index contributed by atoms with van der Waals surface area (Å²) in [4.78, 5) is 4.20. The maximum absolute atomic E-state index is 5.73. The van der Waals surface area contributed by atoms with Crippen LogP contribution in [0.3, 0.4) is 0 Å². The first-order valence-corrected chi connectivity index (χ1v) is 5.70. The molecule has 5 heteroatoms. The molecule has 1 aromatic heterocycles. The number of benzene rings is 1. The first kappa shape index (κ1) is 12.4. The van der Waals surface area contributed by atoms with Crippen molar-refractivity contribution in [2.45, 2.75) is 13.2 Å². The van der Waals surface area contributed by atoms with Crippen molar-refractivity contribution in [3.05, 3.63) is 42.0 Å². The Morgan fingerprint density at radius 1 is 1.33 bits per heavy atom. The molecule has 0 spiro atoms. The van der Waals surface area contributed by atoms with Gasteiger partial charge >= 0.3 is 0 Å². The van der Waals surface area contributed by atoms with Gasteiger partial charge in [-0.15, -0.1) is 0 Å². The lowest BCUT2D eigenvalue weighted by Crippen LogP contribution is -2.05. The fourth-order valence-corrected chi connectivity index (χ4v) is 1.64. The highest BCUT2D eigenvalue weighted by atomic mass is 16.5. The van der Waals surface area contributed by atoms with Gasteiger partial charge in [-0.2, -0.15) is 0 Å². The number of hydrogen-bond donors (Lipinski definition) is 1. The number of methoxy groups -OCH3 is 1. The Morgan fingerprint density at radius 2 is 2.17 bits per heavy atom. The summed E-state index contributed by atoms with van der Waals surface area (Å²) in [7, 11) is 3.55. The van der Waals surface area contributed by atoms with Crippen LogP contribution < -0.4 is 15.2 Å². The van der Waals surface area contributed by atoms with Gasteiger partial charge < -0.3 is 19.8 Å². The molecule has 0 bridgehead atoms. The molecule has 1 aromatic carbocycles. The summed E-state index contributed by atoms with van der Waals surface area (Å²) < 4.78 is 12.9. The van der Waals surface area contributed by atoms with Gasteiger partial charge in [0.25, 0.3) is 0 Å². The van der Waals surface area contributed by atoms with Gasteiger partial charge in [-0.05, 0) is 17.7 Å². The zero-order valence-electron chi connectivity index (χ0n) is 10.6. The standard InChI is InChI=1S/C13H17N3O2/c1-16-6-5-15-13(16)9-18-12-7-10(8-14)3-4-11(12)17-2/h3-7H,8-9,14H2,1-2H3. The number of imidazole rings is 1. The van der Waals surface area contributed by atoms with E-state index in [1.54, 1.807) is 13.3 Å². The van der Waals surface area contributed by atoms with E-state index in [4.69, 9.17) is 15.2 Å². The summed E-state index contributed by atoms with van der Waals surface area (Å²) in [5.41, 5.74) is 6.62. The molecule has 0 aliphatic rings. The van der Waals surface area contributed by atoms with Crippen molar-refractivity contribution in [3.63, 3.8) is 0 Å². The van der Waals surface area contributed by atoms with Crippen LogP contribution in [0, 0.1) is 0 Å². The molecule has 0 atom stereocenters. The van der Waals surface area contributed by atoms with Crippen LogP contribution in [-0.4, -0.2) is 16.7 Å². The van der Waals surface area contributed by atoms with Crippen LogP contribution in [0.2, 0.25) is 0 Å². The quantitative estimate of drug-likeness (QED) is 0.869. The molecule has 2 N–H and O–H groups in total. The van der Waals surface area contributed by atoms with Gasteiger partial charge in [0.1, 0.15) is 12.4 Å². The van der Waals surface area contributed by atoms with E-state index in [1.807, 2.05) is 36.0 Å². The molecular formula is C13H17N3O2. The lowest BCUT2D eigenvalue weighted by Gasteiger charge is -2.11. The predicted octanol–water partition coefficient (Wildman–Crippen LogP) is 1.47. The average molecular weight is 247 g/mol. The smallest absolute Gasteiger partial charge is 0.162 e. The maximum Gasteiger partial charge on any atom is 0.162 e. The molecule has 0 saturated heterocycles. The molecule has 0 aliphatic carbocycles. The minimum Gasteiger partial charge on any atom is -0.493 e. The van der Waals surface area contributed by atoms with Gasteiger partial charge in [0, 0.05) is 26.0 Å². The van der Waals surface area contributed by atoms with Crippen LogP contribution in [0.15, 0.2) is 30.6 Å². The number of aromatic nitrogens is 2. The van der Waals surface area contributed by atoms with Crippen LogP contribution in [0.5, 0.6) is 11.5 Å². The topological polar surface area (TPSA) is 62.3 Å². The summed E-state index contributed by atoms with van der Waals surface area (Å²) >= 11 is 0. The summed E-state index contributed by atoms with van der Waals surface area (Å²) in [6, 6.07) is 5.67. The number of hydrogen-bond acceptors (Lipinski definition) is 4. The summed E-state index contributed by atoms with van der Waals surface area (Å²) in [5.74, 6) is 2.24. The molecule has 0 amide bonds. The first-order valence-electron chi connectivity index (χ1n) is 5.70. The van der Waals surface area contributed by atoms with E-state index >= 15 is 0 Å². The normalized spacial score (nSPS) is 10.4. The monoisotopic (exact) mass is 247 g/mol. The molecule has 0 unspecified atom stereocenters. The van der Waals surface area contributed by atoms with Gasteiger partial charge in [0.05, 0.1) is 7.11 Å². The van der Waals surface area contributed by atoms with Crippen LogP contribution in [0.25, 0.3) is 0 Å². The minimum atomic E-state index is 0.397.